The first kappa shape index (κ1) is 24.8. The number of piperidine rings is 1. The lowest BCUT2D eigenvalue weighted by atomic mass is 9.92. The number of nitrogens with one attached hydrogen (secondary N) is 2. The number of likely N-dealkylation sites (tertiary alicyclic amines) is 1. The summed E-state index contributed by atoms with van der Waals surface area (Å²) in [4.78, 5) is 7.64. The summed E-state index contributed by atoms with van der Waals surface area (Å²) in [6, 6.07) is 5.32. The molecule has 3 fully saturated rings. The van der Waals surface area contributed by atoms with Gasteiger partial charge in [-0.15, -0.1) is 24.0 Å². The second-order valence-corrected chi connectivity index (χ2v) is 9.18. The van der Waals surface area contributed by atoms with Crippen molar-refractivity contribution in [3.05, 3.63) is 24.2 Å². The summed E-state index contributed by atoms with van der Waals surface area (Å²) in [5, 5.41) is 7.25. The maximum Gasteiger partial charge on any atom is 0.191 e. The zero-order chi connectivity index (χ0) is 20.4. The largest absolute Gasteiger partial charge is 0.469 e. The molecule has 0 radical (unpaired) electrons. The number of ether oxygens (including phenoxy) is 1. The molecule has 1 saturated carbocycles. The molecule has 4 rings (SSSR count). The quantitative estimate of drug-likeness (QED) is 0.304. The number of halogens is 1. The average molecular weight is 545 g/mol. The molecule has 31 heavy (non-hydrogen) atoms. The Bertz CT molecular complexity index is 620. The monoisotopic (exact) mass is 544 g/mol. The molecular weight excluding hydrogens is 503 g/mol. The van der Waals surface area contributed by atoms with Gasteiger partial charge < -0.3 is 24.7 Å². The smallest absolute Gasteiger partial charge is 0.191 e. The highest BCUT2D eigenvalue weighted by Gasteiger charge is 2.26. The van der Waals surface area contributed by atoms with Gasteiger partial charge in [-0.25, -0.2) is 0 Å². The third-order valence-corrected chi connectivity index (χ3v) is 6.93. The SMILES string of the molecule is I.c1coc(CCNC(=NCC2CCCCO2)NC2CCN(C3CCCCC3)CC2)c1. The number of hydrogen-bond donors (Lipinski definition) is 2. The summed E-state index contributed by atoms with van der Waals surface area (Å²) in [6.07, 6.45) is 15.9. The molecule has 2 N–H and O–H groups in total. The van der Waals surface area contributed by atoms with Crippen molar-refractivity contribution < 1.29 is 9.15 Å². The molecule has 2 aliphatic heterocycles. The fourth-order valence-corrected chi connectivity index (χ4v) is 5.10. The Morgan fingerprint density at radius 2 is 1.84 bits per heavy atom. The summed E-state index contributed by atoms with van der Waals surface area (Å²) >= 11 is 0. The normalized spacial score (nSPS) is 24.5. The molecule has 176 valence electrons. The van der Waals surface area contributed by atoms with Gasteiger partial charge in [0.2, 0.25) is 0 Å². The third-order valence-electron chi connectivity index (χ3n) is 6.93. The molecule has 0 amide bonds. The van der Waals surface area contributed by atoms with E-state index >= 15 is 0 Å². The van der Waals surface area contributed by atoms with E-state index in [4.69, 9.17) is 14.1 Å². The van der Waals surface area contributed by atoms with Crippen molar-refractivity contribution in [2.45, 2.75) is 88.8 Å². The summed E-state index contributed by atoms with van der Waals surface area (Å²) in [5.74, 6) is 1.95. The van der Waals surface area contributed by atoms with Crippen LogP contribution >= 0.6 is 24.0 Å². The number of aliphatic imine (C=N–C) groups is 1. The van der Waals surface area contributed by atoms with Crippen molar-refractivity contribution >= 4 is 29.9 Å². The molecule has 2 saturated heterocycles. The number of rotatable bonds is 7. The van der Waals surface area contributed by atoms with E-state index in [2.05, 4.69) is 15.5 Å². The summed E-state index contributed by atoms with van der Waals surface area (Å²) in [5.41, 5.74) is 0. The van der Waals surface area contributed by atoms with Crippen molar-refractivity contribution in [3.8, 4) is 0 Å². The Morgan fingerprint density at radius 1 is 1.03 bits per heavy atom. The van der Waals surface area contributed by atoms with Gasteiger partial charge in [0.05, 0.1) is 18.9 Å². The topological polar surface area (TPSA) is 62.0 Å². The predicted octanol–water partition coefficient (Wildman–Crippen LogP) is 4.34. The number of furan rings is 1. The Balaban J connectivity index is 0.00000272. The molecule has 0 spiro atoms. The molecule has 1 aromatic heterocycles. The van der Waals surface area contributed by atoms with Crippen molar-refractivity contribution in [1.29, 1.82) is 0 Å². The number of guanidine groups is 1. The van der Waals surface area contributed by atoms with Gasteiger partial charge >= 0.3 is 0 Å². The van der Waals surface area contributed by atoms with Crippen LogP contribution in [0.4, 0.5) is 0 Å². The molecule has 7 heteroatoms. The number of nitrogens with zero attached hydrogens (tertiary/aromatic N) is 2. The predicted molar refractivity (Wildman–Crippen MR) is 136 cm³/mol. The molecule has 1 aromatic rings. The Hall–Kier alpha value is -0.800. The Labute approximate surface area is 205 Å². The first-order valence-electron chi connectivity index (χ1n) is 12.3. The molecule has 3 heterocycles. The van der Waals surface area contributed by atoms with Crippen LogP contribution in [0.3, 0.4) is 0 Å². The van der Waals surface area contributed by atoms with E-state index in [0.717, 1.165) is 50.3 Å². The van der Waals surface area contributed by atoms with Gasteiger partial charge in [0.15, 0.2) is 5.96 Å². The van der Waals surface area contributed by atoms with Crippen LogP contribution in [0.1, 0.15) is 70.0 Å². The standard InChI is InChI=1S/C24H40N4O2.HI/c1-2-7-21(8-3-1)28-15-12-20(13-16-28)27-24(25-14-11-22-10-6-18-29-22)26-19-23-9-4-5-17-30-23;/h6,10,18,20-21,23H,1-5,7-9,11-17,19H2,(H2,25,26,27);1H. The minimum Gasteiger partial charge on any atom is -0.469 e. The van der Waals surface area contributed by atoms with Crippen molar-refractivity contribution in [2.24, 2.45) is 4.99 Å². The molecular formula is C24H41IN4O2. The maximum atomic E-state index is 5.88. The van der Waals surface area contributed by atoms with E-state index in [1.54, 1.807) is 6.26 Å². The maximum absolute atomic E-state index is 5.88. The van der Waals surface area contributed by atoms with E-state index in [9.17, 15) is 0 Å². The van der Waals surface area contributed by atoms with Crippen LogP contribution in [0.15, 0.2) is 27.8 Å². The number of hydrogen-bond acceptors (Lipinski definition) is 4. The van der Waals surface area contributed by atoms with Gasteiger partial charge in [-0.05, 0) is 57.1 Å². The highest BCUT2D eigenvalue weighted by molar-refractivity contribution is 14.0. The Morgan fingerprint density at radius 3 is 2.55 bits per heavy atom. The second kappa shape index (κ2) is 13.7. The van der Waals surface area contributed by atoms with E-state index in [1.165, 1.54) is 70.9 Å². The minimum atomic E-state index is 0. The van der Waals surface area contributed by atoms with Crippen LogP contribution < -0.4 is 10.6 Å². The zero-order valence-corrected chi connectivity index (χ0v) is 21.2. The molecule has 0 bridgehead atoms. The van der Waals surface area contributed by atoms with Gasteiger partial charge in [0.25, 0.3) is 0 Å². The molecule has 1 aliphatic carbocycles. The van der Waals surface area contributed by atoms with Crippen LogP contribution in [0.2, 0.25) is 0 Å². The highest BCUT2D eigenvalue weighted by atomic mass is 127. The third kappa shape index (κ3) is 8.24. The minimum absolute atomic E-state index is 0. The summed E-state index contributed by atoms with van der Waals surface area (Å²) in [6.45, 7) is 4.89. The lowest BCUT2D eigenvalue weighted by Crippen LogP contribution is -2.51. The van der Waals surface area contributed by atoms with E-state index < -0.39 is 0 Å². The molecule has 6 nitrogen and oxygen atoms in total. The van der Waals surface area contributed by atoms with Gasteiger partial charge in [-0.2, -0.15) is 0 Å². The van der Waals surface area contributed by atoms with E-state index in [-0.39, 0.29) is 30.1 Å². The fraction of sp³-hybridized carbons (Fsp3) is 0.792. The van der Waals surface area contributed by atoms with Gasteiger partial charge in [-0.3, -0.25) is 4.99 Å². The molecule has 1 unspecified atom stereocenters. The van der Waals surface area contributed by atoms with Crippen molar-refractivity contribution in [2.75, 3.05) is 32.8 Å². The molecule has 0 aromatic carbocycles. The second-order valence-electron chi connectivity index (χ2n) is 9.18. The van der Waals surface area contributed by atoms with Crippen LogP contribution in [0.5, 0.6) is 0 Å². The van der Waals surface area contributed by atoms with Crippen molar-refractivity contribution in [3.63, 3.8) is 0 Å². The van der Waals surface area contributed by atoms with Crippen molar-refractivity contribution in [1.82, 2.24) is 15.5 Å². The summed E-state index contributed by atoms with van der Waals surface area (Å²) in [7, 11) is 0. The van der Waals surface area contributed by atoms with Gasteiger partial charge in [0.1, 0.15) is 5.76 Å². The van der Waals surface area contributed by atoms with Gasteiger partial charge in [0, 0.05) is 44.7 Å². The van der Waals surface area contributed by atoms with Crippen LogP contribution in [0, 0.1) is 0 Å². The summed E-state index contributed by atoms with van der Waals surface area (Å²) < 4.78 is 11.3. The van der Waals surface area contributed by atoms with Crippen LogP contribution in [-0.4, -0.2) is 61.8 Å². The first-order valence-corrected chi connectivity index (χ1v) is 12.3. The first-order chi connectivity index (χ1) is 14.9. The van der Waals surface area contributed by atoms with Crippen LogP contribution in [-0.2, 0) is 11.2 Å². The Kier molecular flexibility index (Phi) is 11.0. The lowest BCUT2D eigenvalue weighted by Gasteiger charge is -2.39. The molecule has 1 atom stereocenters. The lowest BCUT2D eigenvalue weighted by molar-refractivity contribution is 0.0224. The van der Waals surface area contributed by atoms with Crippen LogP contribution in [0.25, 0.3) is 0 Å². The van der Waals surface area contributed by atoms with Gasteiger partial charge in [-0.1, -0.05) is 19.3 Å². The molecule has 3 aliphatic rings. The average Bonchev–Trinajstić information content (AvgIpc) is 3.33. The van der Waals surface area contributed by atoms with E-state index in [0.29, 0.717) is 6.04 Å². The zero-order valence-electron chi connectivity index (χ0n) is 18.9. The van der Waals surface area contributed by atoms with E-state index in [1.807, 2.05) is 12.1 Å². The fourth-order valence-electron chi connectivity index (χ4n) is 5.10. The highest BCUT2D eigenvalue weighted by Crippen LogP contribution is 2.25.